The molecular formula is C17H23N5OS. The van der Waals surface area contributed by atoms with Crippen molar-refractivity contribution in [2.45, 2.75) is 32.4 Å². The normalized spacial score (nSPS) is 18.2. The predicted octanol–water partition coefficient (Wildman–Crippen LogP) is 2.88. The molecule has 6 nitrogen and oxygen atoms in total. The summed E-state index contributed by atoms with van der Waals surface area (Å²) >= 11 is 1.91. The van der Waals surface area contributed by atoms with E-state index in [1.54, 1.807) is 12.4 Å². The van der Waals surface area contributed by atoms with Crippen LogP contribution in [-0.4, -0.2) is 49.8 Å². The summed E-state index contributed by atoms with van der Waals surface area (Å²) in [5.74, 6) is 2.73. The zero-order valence-corrected chi connectivity index (χ0v) is 14.7. The molecule has 0 spiro atoms. The quantitative estimate of drug-likeness (QED) is 0.925. The molecule has 2 aromatic rings. The van der Waals surface area contributed by atoms with Crippen LogP contribution < -0.4 is 5.32 Å². The lowest BCUT2D eigenvalue weighted by molar-refractivity contribution is 0.197. The first kappa shape index (κ1) is 16.8. The van der Waals surface area contributed by atoms with Crippen molar-refractivity contribution in [2.75, 3.05) is 23.4 Å². The van der Waals surface area contributed by atoms with Crippen LogP contribution in [0.1, 0.15) is 18.9 Å². The summed E-state index contributed by atoms with van der Waals surface area (Å²) in [5, 5.41) is 7.37. The Kier molecular flexibility index (Phi) is 5.74. The molecule has 2 aromatic heterocycles. The van der Waals surface area contributed by atoms with E-state index in [0.29, 0.717) is 5.82 Å². The maximum absolute atomic E-state index is 12.5. The molecule has 0 radical (unpaired) electrons. The number of rotatable bonds is 4. The summed E-state index contributed by atoms with van der Waals surface area (Å²) in [5.41, 5.74) is 1.22. The molecule has 0 saturated carbocycles. The van der Waals surface area contributed by atoms with Crippen molar-refractivity contribution in [3.8, 4) is 0 Å². The first-order valence-corrected chi connectivity index (χ1v) is 9.45. The van der Waals surface area contributed by atoms with Gasteiger partial charge in [0, 0.05) is 49.5 Å². The smallest absolute Gasteiger partial charge is 0.321 e. The zero-order valence-electron chi connectivity index (χ0n) is 13.9. The number of hydrogen-bond acceptors (Lipinski definition) is 4. The van der Waals surface area contributed by atoms with Crippen molar-refractivity contribution in [3.05, 3.63) is 42.4 Å². The van der Waals surface area contributed by atoms with Gasteiger partial charge < -0.3 is 4.90 Å². The molecule has 24 heavy (non-hydrogen) atoms. The highest BCUT2D eigenvalue weighted by molar-refractivity contribution is 7.99. The lowest BCUT2D eigenvalue weighted by Crippen LogP contribution is -2.42. The molecule has 1 aliphatic rings. The number of nitrogens with one attached hydrogen (secondary N) is 1. The summed E-state index contributed by atoms with van der Waals surface area (Å²) in [6.07, 6.45) is 7.42. The fourth-order valence-electron chi connectivity index (χ4n) is 2.72. The molecule has 3 rings (SSSR count). The molecule has 1 atom stereocenters. The average Bonchev–Trinajstić information content (AvgIpc) is 2.92. The highest BCUT2D eigenvalue weighted by atomic mass is 32.2. The number of urea groups is 1. The van der Waals surface area contributed by atoms with Crippen LogP contribution in [0.15, 0.2) is 36.8 Å². The number of anilines is 1. The number of carbonyl (C=O) groups excluding carboxylic acids is 1. The third-order valence-electron chi connectivity index (χ3n) is 4.20. The molecule has 0 aliphatic carbocycles. The third-order valence-corrected chi connectivity index (χ3v) is 5.20. The Morgan fingerprint density at radius 3 is 3.00 bits per heavy atom. The number of carbonyl (C=O) groups is 1. The van der Waals surface area contributed by atoms with Gasteiger partial charge in [0.15, 0.2) is 5.82 Å². The largest absolute Gasteiger partial charge is 0.323 e. The highest BCUT2D eigenvalue weighted by Crippen LogP contribution is 2.17. The van der Waals surface area contributed by atoms with Gasteiger partial charge in [0.25, 0.3) is 0 Å². The van der Waals surface area contributed by atoms with E-state index in [2.05, 4.69) is 22.3 Å². The Bertz CT molecular complexity index is 660. The predicted molar refractivity (Wildman–Crippen MR) is 97.3 cm³/mol. The molecule has 7 heteroatoms. The van der Waals surface area contributed by atoms with Gasteiger partial charge in [0.2, 0.25) is 0 Å². The molecule has 1 saturated heterocycles. The number of pyridine rings is 1. The summed E-state index contributed by atoms with van der Waals surface area (Å²) in [4.78, 5) is 18.4. The number of aromatic nitrogens is 3. The molecule has 0 unspecified atom stereocenters. The fourth-order valence-corrected chi connectivity index (χ4v) is 3.76. The highest BCUT2D eigenvalue weighted by Gasteiger charge is 2.22. The molecule has 1 aliphatic heterocycles. The first-order chi connectivity index (χ1) is 11.7. The van der Waals surface area contributed by atoms with Crippen LogP contribution in [0.2, 0.25) is 0 Å². The van der Waals surface area contributed by atoms with E-state index in [9.17, 15) is 4.79 Å². The minimum absolute atomic E-state index is 0.0515. The summed E-state index contributed by atoms with van der Waals surface area (Å²) in [6.45, 7) is 3.68. The second kappa shape index (κ2) is 8.19. The van der Waals surface area contributed by atoms with Crippen molar-refractivity contribution in [2.24, 2.45) is 0 Å². The SMILES string of the molecule is C[C@H]1CCSCCN1C(=O)Nc1ccn(CCc2ccncc2)n1. The van der Waals surface area contributed by atoms with E-state index in [-0.39, 0.29) is 12.1 Å². The first-order valence-electron chi connectivity index (χ1n) is 8.30. The van der Waals surface area contributed by atoms with Gasteiger partial charge in [0.05, 0.1) is 0 Å². The fraction of sp³-hybridized carbons (Fsp3) is 0.471. The van der Waals surface area contributed by atoms with Crippen LogP contribution in [0.4, 0.5) is 10.6 Å². The van der Waals surface area contributed by atoms with E-state index < -0.39 is 0 Å². The zero-order chi connectivity index (χ0) is 16.8. The molecule has 2 amide bonds. The summed E-state index contributed by atoms with van der Waals surface area (Å²) in [7, 11) is 0. The van der Waals surface area contributed by atoms with Crippen LogP contribution >= 0.6 is 11.8 Å². The molecule has 128 valence electrons. The van der Waals surface area contributed by atoms with Crippen molar-refractivity contribution in [1.82, 2.24) is 19.7 Å². The second-order valence-electron chi connectivity index (χ2n) is 5.94. The van der Waals surface area contributed by atoms with Gasteiger partial charge >= 0.3 is 6.03 Å². The molecule has 3 heterocycles. The van der Waals surface area contributed by atoms with E-state index >= 15 is 0 Å². The summed E-state index contributed by atoms with van der Waals surface area (Å²) < 4.78 is 1.86. The van der Waals surface area contributed by atoms with Crippen LogP contribution in [-0.2, 0) is 13.0 Å². The van der Waals surface area contributed by atoms with Crippen LogP contribution in [0, 0.1) is 0 Å². The number of amides is 2. The van der Waals surface area contributed by atoms with E-state index in [0.717, 1.165) is 37.4 Å². The lowest BCUT2D eigenvalue weighted by atomic mass is 10.2. The molecule has 0 aromatic carbocycles. The van der Waals surface area contributed by atoms with E-state index in [1.165, 1.54) is 5.56 Å². The summed E-state index contributed by atoms with van der Waals surface area (Å²) in [6, 6.07) is 6.08. The van der Waals surface area contributed by atoms with Gasteiger partial charge in [-0.3, -0.25) is 15.0 Å². The Morgan fingerprint density at radius 2 is 2.17 bits per heavy atom. The van der Waals surface area contributed by atoms with Crippen molar-refractivity contribution in [3.63, 3.8) is 0 Å². The van der Waals surface area contributed by atoms with Gasteiger partial charge in [-0.15, -0.1) is 0 Å². The van der Waals surface area contributed by atoms with Gasteiger partial charge in [-0.2, -0.15) is 16.9 Å². The standard InChI is InChI=1S/C17H23N5OS/c1-14-6-12-24-13-11-22(14)17(23)19-16-5-10-21(20-16)9-4-15-2-7-18-8-3-15/h2-3,5,7-8,10,14H,4,6,9,11-13H2,1H3,(H,19,20,23)/t14-/m0/s1. The van der Waals surface area contributed by atoms with Crippen LogP contribution in [0.5, 0.6) is 0 Å². The molecule has 1 N–H and O–H groups in total. The van der Waals surface area contributed by atoms with Crippen LogP contribution in [0.25, 0.3) is 0 Å². The van der Waals surface area contributed by atoms with Gasteiger partial charge in [-0.05, 0) is 43.2 Å². The molecular weight excluding hydrogens is 322 g/mol. The Balaban J connectivity index is 1.54. The van der Waals surface area contributed by atoms with Gasteiger partial charge in [-0.1, -0.05) is 0 Å². The van der Waals surface area contributed by atoms with Crippen molar-refractivity contribution in [1.29, 1.82) is 0 Å². The number of thioether (sulfide) groups is 1. The van der Waals surface area contributed by atoms with Crippen molar-refractivity contribution < 1.29 is 4.79 Å². The Labute approximate surface area is 146 Å². The molecule has 0 bridgehead atoms. The topological polar surface area (TPSA) is 63.1 Å². The number of hydrogen-bond donors (Lipinski definition) is 1. The van der Waals surface area contributed by atoms with Gasteiger partial charge in [-0.25, -0.2) is 4.79 Å². The monoisotopic (exact) mass is 345 g/mol. The Hall–Kier alpha value is -2.02. The van der Waals surface area contributed by atoms with Crippen LogP contribution in [0.3, 0.4) is 0 Å². The third kappa shape index (κ3) is 4.50. The second-order valence-corrected chi connectivity index (χ2v) is 7.17. The van der Waals surface area contributed by atoms with Gasteiger partial charge in [0.1, 0.15) is 0 Å². The minimum Gasteiger partial charge on any atom is -0.321 e. The Morgan fingerprint density at radius 1 is 1.33 bits per heavy atom. The molecule has 1 fully saturated rings. The van der Waals surface area contributed by atoms with E-state index in [1.807, 2.05) is 45.7 Å². The number of aryl methyl sites for hydroxylation is 2. The number of nitrogens with zero attached hydrogens (tertiary/aromatic N) is 4. The van der Waals surface area contributed by atoms with E-state index in [4.69, 9.17) is 0 Å². The maximum atomic E-state index is 12.5. The maximum Gasteiger partial charge on any atom is 0.323 e. The lowest BCUT2D eigenvalue weighted by Gasteiger charge is -2.26. The average molecular weight is 345 g/mol. The minimum atomic E-state index is -0.0515. The van der Waals surface area contributed by atoms with Crippen molar-refractivity contribution >= 4 is 23.6 Å².